The van der Waals surface area contributed by atoms with Crippen molar-refractivity contribution in [2.24, 2.45) is 5.92 Å². The molecule has 2 aliphatic rings. The summed E-state index contributed by atoms with van der Waals surface area (Å²) in [6.07, 6.45) is -3.72. The van der Waals surface area contributed by atoms with Gasteiger partial charge in [-0.3, -0.25) is 4.79 Å². The van der Waals surface area contributed by atoms with Crippen molar-refractivity contribution < 1.29 is 49.9 Å². The van der Waals surface area contributed by atoms with E-state index in [1.807, 2.05) is 0 Å². The topological polar surface area (TPSA) is 119 Å². The van der Waals surface area contributed by atoms with Crippen molar-refractivity contribution >= 4 is 112 Å². The molecule has 0 aromatic heterocycles. The third-order valence-corrected chi connectivity index (χ3v) is 13.7. The lowest BCUT2D eigenvalue weighted by molar-refractivity contribution is -0.184. The van der Waals surface area contributed by atoms with Gasteiger partial charge in [0, 0.05) is 30.0 Å². The summed E-state index contributed by atoms with van der Waals surface area (Å²) in [5, 5.41) is -5.11. The smallest absolute Gasteiger partial charge is 0.364 e. The van der Waals surface area contributed by atoms with Crippen molar-refractivity contribution in [1.29, 1.82) is 0 Å². The Morgan fingerprint density at radius 2 is 1.68 bits per heavy atom. The molecule has 1 saturated carbocycles. The second-order valence-corrected chi connectivity index (χ2v) is 13.3. The standard InChI is InChI=1S/C18H15F3I4O8S/c19-8(18(20,21)34(28,29)30)3-6-31-15(26)7-1-4-17(5-2-7)32-14-9(16(27)33-17)10(22)11(23)12(24)13(14)25/h7-8H,1-6H2,(H,28,29,30)/p-1. The molecule has 190 valence electrons. The Morgan fingerprint density at radius 3 is 2.24 bits per heavy atom. The number of carbonyl (C=O) groups is 2. The average molecular weight is 955 g/mol. The van der Waals surface area contributed by atoms with Gasteiger partial charge in [0.25, 0.3) is 5.79 Å². The van der Waals surface area contributed by atoms with Gasteiger partial charge in [0.1, 0.15) is 5.56 Å². The summed E-state index contributed by atoms with van der Waals surface area (Å²) in [4.78, 5) is 25.1. The maximum absolute atomic E-state index is 13.5. The molecule has 8 nitrogen and oxygen atoms in total. The van der Waals surface area contributed by atoms with E-state index in [1.54, 1.807) is 0 Å². The molecule has 16 heteroatoms. The van der Waals surface area contributed by atoms with Crippen LogP contribution in [-0.4, -0.2) is 48.7 Å². The number of alkyl halides is 3. The minimum absolute atomic E-state index is 0.172. The second-order valence-electron chi connectivity index (χ2n) is 7.58. The van der Waals surface area contributed by atoms with Crippen LogP contribution < -0.4 is 4.74 Å². The number of esters is 2. The largest absolute Gasteiger partial charge is 0.743 e. The first-order valence-corrected chi connectivity index (χ1v) is 15.3. The van der Waals surface area contributed by atoms with Crippen LogP contribution in [0.4, 0.5) is 13.2 Å². The molecule has 1 heterocycles. The molecular weight excluding hydrogens is 941 g/mol. The van der Waals surface area contributed by atoms with E-state index in [4.69, 9.17) is 14.2 Å². The predicted octanol–water partition coefficient (Wildman–Crippen LogP) is 4.95. The fraction of sp³-hybridized carbons (Fsp3) is 0.556. The molecule has 1 fully saturated rings. The SMILES string of the molecule is O=C1OC2(CCC(C(=O)OCCC(F)C(F)(F)S(=O)(=O)[O-])CC2)Oc2c(I)c(I)c(I)c(I)c21. The van der Waals surface area contributed by atoms with Crippen molar-refractivity contribution in [1.82, 2.24) is 0 Å². The molecule has 1 aromatic carbocycles. The molecule has 0 radical (unpaired) electrons. The van der Waals surface area contributed by atoms with Crippen LogP contribution in [0.5, 0.6) is 5.75 Å². The van der Waals surface area contributed by atoms with Gasteiger partial charge in [-0.05, 0) is 103 Å². The lowest BCUT2D eigenvalue weighted by Crippen LogP contribution is -2.48. The van der Waals surface area contributed by atoms with Crippen LogP contribution in [0.15, 0.2) is 0 Å². The number of benzene rings is 1. The van der Waals surface area contributed by atoms with Gasteiger partial charge in [0.05, 0.1) is 16.1 Å². The summed E-state index contributed by atoms with van der Waals surface area (Å²) in [5.41, 5.74) is 0.347. The fourth-order valence-electron chi connectivity index (χ4n) is 3.52. The summed E-state index contributed by atoms with van der Waals surface area (Å²) in [6.45, 7) is -0.820. The Hall–Kier alpha value is 0.580. The van der Waals surface area contributed by atoms with E-state index in [0.29, 0.717) is 11.3 Å². The summed E-state index contributed by atoms with van der Waals surface area (Å²) in [6, 6.07) is 0. The zero-order chi connectivity index (χ0) is 25.6. The van der Waals surface area contributed by atoms with Crippen molar-refractivity contribution in [3.05, 3.63) is 19.8 Å². The third kappa shape index (κ3) is 5.69. The van der Waals surface area contributed by atoms with Crippen molar-refractivity contribution in [2.45, 2.75) is 49.3 Å². The highest BCUT2D eigenvalue weighted by Gasteiger charge is 2.49. The number of hydrogen-bond acceptors (Lipinski definition) is 8. The molecule has 1 aromatic rings. The minimum atomic E-state index is -6.18. The van der Waals surface area contributed by atoms with E-state index < -0.39 is 58.2 Å². The van der Waals surface area contributed by atoms with Crippen LogP contribution in [0.2, 0.25) is 0 Å². The van der Waals surface area contributed by atoms with E-state index in [2.05, 4.69) is 90.4 Å². The van der Waals surface area contributed by atoms with Gasteiger partial charge in [-0.15, -0.1) is 0 Å². The van der Waals surface area contributed by atoms with Crippen LogP contribution in [-0.2, 0) is 24.4 Å². The van der Waals surface area contributed by atoms with Gasteiger partial charge in [-0.1, -0.05) is 0 Å². The monoisotopic (exact) mass is 955 g/mol. The van der Waals surface area contributed by atoms with E-state index in [-0.39, 0.29) is 25.7 Å². The molecule has 1 unspecified atom stereocenters. The first kappa shape index (κ1) is 29.1. The third-order valence-electron chi connectivity index (χ3n) is 5.39. The van der Waals surface area contributed by atoms with Crippen LogP contribution in [0.1, 0.15) is 42.5 Å². The highest BCUT2D eigenvalue weighted by molar-refractivity contribution is 14.1. The fourth-order valence-corrected chi connectivity index (χ4v) is 7.42. The first-order valence-electron chi connectivity index (χ1n) is 9.53. The van der Waals surface area contributed by atoms with Crippen LogP contribution >= 0.6 is 90.4 Å². The van der Waals surface area contributed by atoms with Crippen LogP contribution in [0.25, 0.3) is 0 Å². The minimum Gasteiger partial charge on any atom is -0.743 e. The van der Waals surface area contributed by atoms with Gasteiger partial charge in [-0.2, -0.15) is 8.78 Å². The zero-order valence-corrected chi connectivity index (χ0v) is 26.2. The molecule has 0 N–H and O–H groups in total. The highest BCUT2D eigenvalue weighted by Crippen LogP contribution is 2.47. The van der Waals surface area contributed by atoms with Gasteiger partial charge in [-0.25, -0.2) is 17.6 Å². The van der Waals surface area contributed by atoms with Crippen LogP contribution in [0.3, 0.4) is 0 Å². The predicted molar refractivity (Wildman–Crippen MR) is 143 cm³/mol. The maximum Gasteiger partial charge on any atom is 0.364 e. The molecule has 1 aliphatic heterocycles. The second kappa shape index (κ2) is 10.8. The summed E-state index contributed by atoms with van der Waals surface area (Å²) in [5.74, 6) is -2.82. The van der Waals surface area contributed by atoms with Crippen LogP contribution in [0, 0.1) is 20.2 Å². The van der Waals surface area contributed by atoms with E-state index in [0.717, 1.165) is 14.3 Å². The molecule has 0 amide bonds. The maximum atomic E-state index is 13.5. The van der Waals surface area contributed by atoms with E-state index in [9.17, 15) is 35.7 Å². The van der Waals surface area contributed by atoms with Gasteiger partial charge in [0.15, 0.2) is 22.0 Å². The normalized spacial score (nSPS) is 23.6. The summed E-state index contributed by atoms with van der Waals surface area (Å²) < 4.78 is 91.1. The number of rotatable bonds is 6. The van der Waals surface area contributed by atoms with Crippen molar-refractivity contribution in [3.8, 4) is 5.75 Å². The Labute approximate surface area is 247 Å². The van der Waals surface area contributed by atoms with Gasteiger partial charge < -0.3 is 18.8 Å². The molecular formula is C18H14F3I4O8S-. The number of hydrogen-bond donors (Lipinski definition) is 0. The quantitative estimate of drug-likeness (QED) is 0.129. The Balaban J connectivity index is 1.61. The van der Waals surface area contributed by atoms with Crippen molar-refractivity contribution in [2.75, 3.05) is 6.61 Å². The lowest BCUT2D eigenvalue weighted by atomic mass is 9.84. The number of ether oxygens (including phenoxy) is 3. The van der Waals surface area contributed by atoms with Gasteiger partial charge >= 0.3 is 17.2 Å². The molecule has 1 spiro atoms. The Morgan fingerprint density at radius 1 is 1.12 bits per heavy atom. The summed E-state index contributed by atoms with van der Waals surface area (Å²) in [7, 11) is -6.18. The van der Waals surface area contributed by atoms with E-state index in [1.165, 1.54) is 0 Å². The highest BCUT2D eigenvalue weighted by atomic mass is 127. The molecule has 1 atom stereocenters. The molecule has 1 aliphatic carbocycles. The molecule has 3 rings (SSSR count). The summed E-state index contributed by atoms with van der Waals surface area (Å²) >= 11 is 8.47. The van der Waals surface area contributed by atoms with Gasteiger partial charge in [0.2, 0.25) is 0 Å². The number of fused-ring (bicyclic) bond motifs is 1. The number of halogens is 7. The number of carbonyl (C=O) groups excluding carboxylic acids is 2. The molecule has 0 saturated heterocycles. The average Bonchev–Trinajstić information content (AvgIpc) is 2.75. The first-order chi connectivity index (χ1) is 15.6. The Bertz CT molecular complexity index is 1120. The van der Waals surface area contributed by atoms with E-state index >= 15 is 0 Å². The van der Waals surface area contributed by atoms with Crippen molar-refractivity contribution in [3.63, 3.8) is 0 Å². The zero-order valence-electron chi connectivity index (χ0n) is 16.7. The molecule has 34 heavy (non-hydrogen) atoms. The lowest BCUT2D eigenvalue weighted by Gasteiger charge is -2.42. The Kier molecular flexibility index (Phi) is 9.21. The molecule has 0 bridgehead atoms.